The summed E-state index contributed by atoms with van der Waals surface area (Å²) in [6.45, 7) is 4.01. The lowest BCUT2D eigenvalue weighted by atomic mass is 9.95. The normalized spacial score (nSPS) is 14.9. The Morgan fingerprint density at radius 3 is 2.18 bits per heavy atom. The molecule has 3 N–H and O–H groups in total. The van der Waals surface area contributed by atoms with Gasteiger partial charge in [0.1, 0.15) is 17.7 Å². The van der Waals surface area contributed by atoms with Gasteiger partial charge in [-0.05, 0) is 43.2 Å². The van der Waals surface area contributed by atoms with Crippen LogP contribution in [0.4, 0.5) is 9.59 Å². The molecule has 2 aromatic carbocycles. The van der Waals surface area contributed by atoms with E-state index >= 15 is 0 Å². The number of alkyl carbamates (subject to hydrolysis) is 1. The third-order valence-corrected chi connectivity index (χ3v) is 10.2. The molecule has 5 rings (SSSR count). The lowest BCUT2D eigenvalue weighted by molar-refractivity contribution is -0.124. The first-order chi connectivity index (χ1) is 24.9. The summed E-state index contributed by atoms with van der Waals surface area (Å²) in [5, 5.41) is 12.0. The van der Waals surface area contributed by atoms with Gasteiger partial charge in [0.25, 0.3) is 0 Å². The molecule has 4 amide bonds. The van der Waals surface area contributed by atoms with Gasteiger partial charge >= 0.3 is 12.1 Å². The second-order valence-corrected chi connectivity index (χ2v) is 14.5. The van der Waals surface area contributed by atoms with E-state index in [1.165, 1.54) is 22.7 Å². The molecule has 0 unspecified atom stereocenters. The van der Waals surface area contributed by atoms with Crippen molar-refractivity contribution in [2.75, 3.05) is 39.9 Å². The van der Waals surface area contributed by atoms with Crippen LogP contribution >= 0.6 is 22.7 Å². The Bertz CT molecular complexity index is 1590. The Balaban J connectivity index is 1.27. The Labute approximate surface area is 307 Å². The number of morpholine rings is 1. The number of hydrogen-bond acceptors (Lipinski definition) is 10. The van der Waals surface area contributed by atoms with Crippen LogP contribution in [0.25, 0.3) is 0 Å². The van der Waals surface area contributed by atoms with Crippen LogP contribution in [0.15, 0.2) is 83.9 Å². The maximum atomic E-state index is 14.1. The van der Waals surface area contributed by atoms with Gasteiger partial charge in [-0.25, -0.2) is 14.6 Å². The highest BCUT2D eigenvalue weighted by atomic mass is 32.1. The van der Waals surface area contributed by atoms with Crippen LogP contribution in [0.3, 0.4) is 0 Å². The number of hydrogen-bond donors (Lipinski definition) is 3. The van der Waals surface area contributed by atoms with Gasteiger partial charge in [0.2, 0.25) is 5.91 Å². The number of nitrogens with zero attached hydrogens (tertiary/aromatic N) is 4. The fourth-order valence-electron chi connectivity index (χ4n) is 5.88. The van der Waals surface area contributed by atoms with Crippen molar-refractivity contribution in [3.8, 4) is 0 Å². The summed E-state index contributed by atoms with van der Waals surface area (Å²) < 4.78 is 11.0. The highest BCUT2D eigenvalue weighted by molar-refractivity contribution is 7.09. The lowest BCUT2D eigenvalue weighted by Crippen LogP contribution is -2.54. The van der Waals surface area contributed by atoms with Crippen molar-refractivity contribution >= 4 is 40.7 Å². The topological polar surface area (TPSA) is 138 Å². The summed E-state index contributed by atoms with van der Waals surface area (Å²) in [6.07, 6.45) is 5.71. The molecule has 0 aliphatic carbocycles. The second kappa shape index (κ2) is 20.5. The number of rotatable bonds is 18. The van der Waals surface area contributed by atoms with Crippen LogP contribution in [0.2, 0.25) is 0 Å². The van der Waals surface area contributed by atoms with Crippen molar-refractivity contribution in [1.82, 2.24) is 35.7 Å². The molecule has 12 nitrogen and oxygen atoms in total. The molecule has 0 bridgehead atoms. The molecule has 0 radical (unpaired) electrons. The first-order valence-electron chi connectivity index (χ1n) is 17.3. The maximum absolute atomic E-state index is 14.1. The second-order valence-electron chi connectivity index (χ2n) is 12.6. The summed E-state index contributed by atoms with van der Waals surface area (Å²) in [7, 11) is 1.70. The fourth-order valence-corrected chi connectivity index (χ4v) is 7.06. The highest BCUT2D eigenvalue weighted by Crippen LogP contribution is 2.15. The van der Waals surface area contributed by atoms with Gasteiger partial charge in [0.05, 0.1) is 30.1 Å². The zero-order valence-corrected chi connectivity index (χ0v) is 30.6. The van der Waals surface area contributed by atoms with Crippen LogP contribution < -0.4 is 16.0 Å². The molecule has 0 saturated carbocycles. The molecule has 1 saturated heterocycles. The standard InChI is InChI=1S/C37H47N7O5S2/c1-43(25-34-39-15-21-50-34)36(46)42-33(14-16-44-17-19-48-20-18-44)35(45)40-30(22-28-8-4-2-5-9-28)12-13-31(23-29-10-6-3-7-11-29)41-37(47)49-26-32-24-38-27-51-32/h2-11,15,21,24,27,30-31,33H,12-14,16-20,22-23,25-26H2,1H3,(H,40,45)(H,41,47)(H,42,46)/t30-,31-,33+/m1/s1. The van der Waals surface area contributed by atoms with Gasteiger partial charge in [-0.1, -0.05) is 60.7 Å². The minimum absolute atomic E-state index is 0.151. The summed E-state index contributed by atoms with van der Waals surface area (Å²) in [5.41, 5.74) is 3.87. The lowest BCUT2D eigenvalue weighted by Gasteiger charge is -2.30. The summed E-state index contributed by atoms with van der Waals surface area (Å²) in [6, 6.07) is 18.4. The van der Waals surface area contributed by atoms with Crippen LogP contribution in [0, 0.1) is 0 Å². The van der Waals surface area contributed by atoms with E-state index in [4.69, 9.17) is 9.47 Å². The van der Waals surface area contributed by atoms with Crippen molar-refractivity contribution < 1.29 is 23.9 Å². The van der Waals surface area contributed by atoms with Crippen LogP contribution in [0.1, 0.15) is 40.3 Å². The van der Waals surface area contributed by atoms with Gasteiger partial charge in [-0.2, -0.15) is 0 Å². The van der Waals surface area contributed by atoms with Gasteiger partial charge in [0.15, 0.2) is 0 Å². The third kappa shape index (κ3) is 13.4. The third-order valence-electron chi connectivity index (χ3n) is 8.67. The molecule has 2 aromatic heterocycles. The van der Waals surface area contributed by atoms with Gasteiger partial charge in [-0.15, -0.1) is 22.7 Å². The zero-order valence-electron chi connectivity index (χ0n) is 28.9. The van der Waals surface area contributed by atoms with Crippen molar-refractivity contribution in [3.05, 3.63) is 105 Å². The first kappa shape index (κ1) is 37.9. The van der Waals surface area contributed by atoms with Gasteiger partial charge in [-0.3, -0.25) is 14.7 Å². The largest absolute Gasteiger partial charge is 0.444 e. The number of urea groups is 1. The Morgan fingerprint density at radius 1 is 0.902 bits per heavy atom. The summed E-state index contributed by atoms with van der Waals surface area (Å²) in [4.78, 5) is 53.4. The quantitative estimate of drug-likeness (QED) is 0.132. The number of carbonyl (C=O) groups excluding carboxylic acids is 3. The average molecular weight is 734 g/mol. The summed E-state index contributed by atoms with van der Waals surface area (Å²) in [5.74, 6) is -0.239. The molecule has 272 valence electrons. The minimum atomic E-state index is -0.752. The molecule has 1 fully saturated rings. The predicted molar refractivity (Wildman–Crippen MR) is 198 cm³/mol. The van der Waals surface area contributed by atoms with E-state index in [0.29, 0.717) is 58.4 Å². The molecule has 14 heteroatoms. The fraction of sp³-hybridized carbons (Fsp3) is 0.432. The number of nitrogens with one attached hydrogen (secondary N) is 3. The van der Waals surface area contributed by atoms with E-state index in [1.54, 1.807) is 29.9 Å². The van der Waals surface area contributed by atoms with E-state index < -0.39 is 12.1 Å². The van der Waals surface area contributed by atoms with Crippen LogP contribution in [-0.2, 0) is 40.3 Å². The highest BCUT2D eigenvalue weighted by Gasteiger charge is 2.27. The first-order valence-corrected chi connectivity index (χ1v) is 19.1. The molecule has 1 aliphatic heterocycles. The van der Waals surface area contributed by atoms with E-state index in [9.17, 15) is 14.4 Å². The van der Waals surface area contributed by atoms with Gasteiger partial charge < -0.3 is 30.3 Å². The minimum Gasteiger partial charge on any atom is -0.444 e. The van der Waals surface area contributed by atoms with Crippen molar-refractivity contribution in [1.29, 1.82) is 0 Å². The van der Waals surface area contributed by atoms with Crippen LogP contribution in [-0.4, -0.2) is 95.8 Å². The zero-order chi connectivity index (χ0) is 35.7. The number of benzene rings is 2. The molecule has 3 atom stereocenters. The predicted octanol–water partition coefficient (Wildman–Crippen LogP) is 4.88. The molecule has 3 heterocycles. The number of aromatic nitrogens is 2. The van der Waals surface area contributed by atoms with E-state index in [0.717, 1.165) is 34.1 Å². The van der Waals surface area contributed by atoms with Crippen molar-refractivity contribution in [2.45, 2.75) is 63.4 Å². The molecule has 4 aromatic rings. The SMILES string of the molecule is CN(Cc1nccs1)C(=O)N[C@@H](CCN1CCOCC1)C(=O)N[C@H](CC[C@H](Cc1ccccc1)NC(=O)OCc1cncs1)Cc1ccccc1. The Hall–Kier alpha value is -4.37. The van der Waals surface area contributed by atoms with Gasteiger partial charge in [0, 0.05) is 56.5 Å². The van der Waals surface area contributed by atoms with Crippen molar-refractivity contribution in [3.63, 3.8) is 0 Å². The average Bonchev–Trinajstić information content (AvgIpc) is 3.87. The number of ether oxygens (including phenoxy) is 2. The molecule has 51 heavy (non-hydrogen) atoms. The van der Waals surface area contributed by atoms with Crippen LogP contribution in [0.5, 0.6) is 0 Å². The Kier molecular flexibility index (Phi) is 15.2. The number of carbonyl (C=O) groups is 3. The molecule has 1 aliphatic rings. The summed E-state index contributed by atoms with van der Waals surface area (Å²) >= 11 is 2.91. The maximum Gasteiger partial charge on any atom is 0.407 e. The number of amides is 4. The van der Waals surface area contributed by atoms with Crippen molar-refractivity contribution in [2.24, 2.45) is 0 Å². The monoisotopic (exact) mass is 733 g/mol. The smallest absolute Gasteiger partial charge is 0.407 e. The molecule has 0 spiro atoms. The van der Waals surface area contributed by atoms with E-state index in [1.807, 2.05) is 66.0 Å². The molecular formula is C37H47N7O5S2. The van der Waals surface area contributed by atoms with E-state index in [-0.39, 0.29) is 30.6 Å². The number of thiazole rings is 2. The molecular weight excluding hydrogens is 687 g/mol. The van der Waals surface area contributed by atoms with E-state index in [2.05, 4.69) is 30.8 Å². The Morgan fingerprint density at radius 2 is 1.57 bits per heavy atom.